The number of carbonyl (C=O) groups excluding carboxylic acids is 2. The molecule has 7 nitrogen and oxygen atoms in total. The third-order valence-corrected chi connectivity index (χ3v) is 5.62. The summed E-state index contributed by atoms with van der Waals surface area (Å²) in [6, 6.07) is 10.9. The van der Waals surface area contributed by atoms with E-state index in [-0.39, 0.29) is 11.8 Å². The molecule has 2 heterocycles. The molecule has 0 aliphatic carbocycles. The molecule has 3 rings (SSSR count). The third-order valence-electron chi connectivity index (χ3n) is 4.27. The number of aryl methyl sites for hydroxylation is 3. The number of aromatic nitrogens is 3. The van der Waals surface area contributed by atoms with Crippen LogP contribution < -0.4 is 10.9 Å². The van der Waals surface area contributed by atoms with E-state index in [0.29, 0.717) is 23.6 Å². The van der Waals surface area contributed by atoms with Crippen LogP contribution in [0.1, 0.15) is 44.7 Å². The maximum absolute atomic E-state index is 12.3. The van der Waals surface area contributed by atoms with Gasteiger partial charge in [0, 0.05) is 39.9 Å². The van der Waals surface area contributed by atoms with Crippen LogP contribution >= 0.6 is 27.7 Å². The third kappa shape index (κ3) is 5.70. The van der Waals surface area contributed by atoms with Gasteiger partial charge in [0.15, 0.2) is 5.16 Å². The highest BCUT2D eigenvalue weighted by Gasteiger charge is 2.14. The summed E-state index contributed by atoms with van der Waals surface area (Å²) in [5.41, 5.74) is 8.77. The lowest BCUT2D eigenvalue weighted by Crippen LogP contribution is -2.42. The molecule has 0 saturated carbocycles. The van der Waals surface area contributed by atoms with E-state index in [9.17, 15) is 9.59 Å². The molecule has 2 amide bonds. The maximum atomic E-state index is 12.3. The highest BCUT2D eigenvalue weighted by atomic mass is 79.9. The lowest BCUT2D eigenvalue weighted by atomic mass is 10.1. The van der Waals surface area contributed by atoms with Crippen molar-refractivity contribution >= 4 is 39.5 Å². The molecule has 3 aromatic rings. The second kappa shape index (κ2) is 9.90. The van der Waals surface area contributed by atoms with Crippen molar-refractivity contribution in [1.82, 2.24) is 25.4 Å². The molecule has 0 aliphatic heterocycles. The molecule has 2 N–H and O–H groups in total. The molecular formula is C21H22BrN5O2S. The number of nitrogens with zero attached hydrogens (tertiary/aromatic N) is 3. The summed E-state index contributed by atoms with van der Waals surface area (Å²) in [5.74, 6) is -0.0593. The van der Waals surface area contributed by atoms with Crippen molar-refractivity contribution in [2.45, 2.75) is 38.2 Å². The fourth-order valence-corrected chi connectivity index (χ4v) is 4.20. The smallest absolute Gasteiger partial charge is 0.286 e. The predicted octanol–water partition coefficient (Wildman–Crippen LogP) is 4.04. The predicted molar refractivity (Wildman–Crippen MR) is 120 cm³/mol. The van der Waals surface area contributed by atoms with Gasteiger partial charge < -0.3 is 4.57 Å². The zero-order valence-corrected chi connectivity index (χ0v) is 19.3. The van der Waals surface area contributed by atoms with Gasteiger partial charge in [-0.3, -0.25) is 20.4 Å². The molecule has 0 bridgehead atoms. The SMILES string of the molecule is CCn1cc(Br)cc1C(=O)NNC(=O)c1ccc(CSc2nc(C)cc(C)n2)cc1. The second-order valence-corrected chi connectivity index (χ2v) is 8.51. The molecular weight excluding hydrogens is 466 g/mol. The first-order valence-corrected chi connectivity index (χ1v) is 11.1. The Bertz CT molecular complexity index is 1050. The summed E-state index contributed by atoms with van der Waals surface area (Å²) in [4.78, 5) is 33.5. The van der Waals surface area contributed by atoms with Gasteiger partial charge in [0.05, 0.1) is 0 Å². The largest absolute Gasteiger partial charge is 0.343 e. The lowest BCUT2D eigenvalue weighted by Gasteiger charge is -2.09. The standard InChI is InChI=1S/C21H22BrN5O2S/c1-4-27-11-17(22)10-18(27)20(29)26-25-19(28)16-7-5-15(6-8-16)12-30-21-23-13(2)9-14(3)24-21/h5-11H,4,12H2,1-3H3,(H,25,28)(H,26,29). The van der Waals surface area contributed by atoms with Gasteiger partial charge in [0.2, 0.25) is 0 Å². The molecule has 1 aromatic carbocycles. The molecule has 156 valence electrons. The van der Waals surface area contributed by atoms with E-state index in [2.05, 4.69) is 36.7 Å². The van der Waals surface area contributed by atoms with E-state index < -0.39 is 0 Å². The summed E-state index contributed by atoms with van der Waals surface area (Å²) in [5, 5.41) is 0.737. The summed E-state index contributed by atoms with van der Waals surface area (Å²) in [6.45, 7) is 6.48. The lowest BCUT2D eigenvalue weighted by molar-refractivity contribution is 0.0841. The van der Waals surface area contributed by atoms with Gasteiger partial charge in [-0.05, 0) is 66.5 Å². The Labute approximate surface area is 187 Å². The molecule has 0 unspecified atom stereocenters. The van der Waals surface area contributed by atoms with Crippen LogP contribution in [0, 0.1) is 13.8 Å². The van der Waals surface area contributed by atoms with Crippen molar-refractivity contribution in [1.29, 1.82) is 0 Å². The Morgan fingerprint density at radius 1 is 1.03 bits per heavy atom. The van der Waals surface area contributed by atoms with Gasteiger partial charge in [0.25, 0.3) is 11.8 Å². The average Bonchev–Trinajstić information content (AvgIpc) is 3.11. The Balaban J connectivity index is 1.55. The minimum absolute atomic E-state index is 0.377. The fourth-order valence-electron chi connectivity index (χ4n) is 2.83. The summed E-state index contributed by atoms with van der Waals surface area (Å²) in [7, 11) is 0. The van der Waals surface area contributed by atoms with E-state index in [1.807, 2.05) is 45.2 Å². The van der Waals surface area contributed by atoms with Crippen LogP contribution in [-0.4, -0.2) is 26.3 Å². The Morgan fingerprint density at radius 2 is 1.67 bits per heavy atom. The topological polar surface area (TPSA) is 88.9 Å². The molecule has 0 aliphatic rings. The summed E-state index contributed by atoms with van der Waals surface area (Å²) < 4.78 is 2.60. The van der Waals surface area contributed by atoms with Crippen LogP contribution in [0.3, 0.4) is 0 Å². The molecule has 9 heteroatoms. The molecule has 30 heavy (non-hydrogen) atoms. The summed E-state index contributed by atoms with van der Waals surface area (Å²) in [6.07, 6.45) is 1.82. The van der Waals surface area contributed by atoms with Gasteiger partial charge in [-0.1, -0.05) is 23.9 Å². The number of hydrogen-bond donors (Lipinski definition) is 2. The molecule has 0 saturated heterocycles. The first-order valence-electron chi connectivity index (χ1n) is 9.36. The number of benzene rings is 1. The first-order chi connectivity index (χ1) is 14.4. The van der Waals surface area contributed by atoms with Crippen LogP contribution in [0.25, 0.3) is 0 Å². The van der Waals surface area contributed by atoms with Gasteiger partial charge in [-0.2, -0.15) is 0 Å². The monoisotopic (exact) mass is 487 g/mol. The number of halogens is 1. The Kier molecular flexibility index (Phi) is 7.28. The number of amides is 2. The van der Waals surface area contributed by atoms with E-state index in [1.54, 1.807) is 34.5 Å². The molecule has 0 atom stereocenters. The van der Waals surface area contributed by atoms with Gasteiger partial charge in [-0.15, -0.1) is 0 Å². The van der Waals surface area contributed by atoms with Crippen LogP contribution in [-0.2, 0) is 12.3 Å². The molecule has 0 spiro atoms. The minimum atomic E-state index is -0.381. The van der Waals surface area contributed by atoms with Crippen LogP contribution in [0.4, 0.5) is 0 Å². The molecule has 2 aromatic heterocycles. The zero-order valence-electron chi connectivity index (χ0n) is 16.9. The van der Waals surface area contributed by atoms with Crippen LogP contribution in [0.15, 0.2) is 52.2 Å². The molecule has 0 radical (unpaired) electrons. The summed E-state index contributed by atoms with van der Waals surface area (Å²) >= 11 is 4.90. The van der Waals surface area contributed by atoms with E-state index in [0.717, 1.165) is 26.6 Å². The minimum Gasteiger partial charge on any atom is -0.343 e. The van der Waals surface area contributed by atoms with Crippen molar-refractivity contribution in [3.8, 4) is 0 Å². The highest BCUT2D eigenvalue weighted by molar-refractivity contribution is 9.10. The van der Waals surface area contributed by atoms with E-state index >= 15 is 0 Å². The van der Waals surface area contributed by atoms with Crippen molar-refractivity contribution in [3.05, 3.63) is 75.3 Å². The number of nitrogens with one attached hydrogen (secondary N) is 2. The Hall–Kier alpha value is -2.65. The van der Waals surface area contributed by atoms with E-state index in [1.165, 1.54) is 0 Å². The highest BCUT2D eigenvalue weighted by Crippen LogP contribution is 2.20. The fraction of sp³-hybridized carbons (Fsp3) is 0.238. The van der Waals surface area contributed by atoms with Crippen LogP contribution in [0.2, 0.25) is 0 Å². The number of thioether (sulfide) groups is 1. The van der Waals surface area contributed by atoms with Gasteiger partial charge in [-0.25, -0.2) is 9.97 Å². The number of hydrogen-bond acceptors (Lipinski definition) is 5. The Morgan fingerprint density at radius 3 is 2.30 bits per heavy atom. The maximum Gasteiger partial charge on any atom is 0.286 e. The van der Waals surface area contributed by atoms with E-state index in [4.69, 9.17) is 0 Å². The van der Waals surface area contributed by atoms with Crippen molar-refractivity contribution < 1.29 is 9.59 Å². The van der Waals surface area contributed by atoms with Crippen LogP contribution in [0.5, 0.6) is 0 Å². The number of carbonyl (C=O) groups is 2. The normalized spacial score (nSPS) is 10.7. The number of hydrazine groups is 1. The van der Waals surface area contributed by atoms with Gasteiger partial charge in [0.1, 0.15) is 5.69 Å². The second-order valence-electron chi connectivity index (χ2n) is 6.66. The number of rotatable bonds is 6. The van der Waals surface area contributed by atoms with Crippen molar-refractivity contribution in [2.24, 2.45) is 0 Å². The van der Waals surface area contributed by atoms with Gasteiger partial charge >= 0.3 is 0 Å². The quantitative estimate of drug-likeness (QED) is 0.311. The zero-order chi connectivity index (χ0) is 21.7. The van der Waals surface area contributed by atoms with Crippen molar-refractivity contribution in [2.75, 3.05) is 0 Å². The average molecular weight is 488 g/mol. The van der Waals surface area contributed by atoms with Crippen molar-refractivity contribution in [3.63, 3.8) is 0 Å². The molecule has 0 fully saturated rings. The first kappa shape index (κ1) is 22.0.